The molecule has 1 aromatic rings. The van der Waals surface area contributed by atoms with E-state index >= 15 is 0 Å². The van der Waals surface area contributed by atoms with Crippen molar-refractivity contribution in [1.29, 1.82) is 0 Å². The van der Waals surface area contributed by atoms with Gasteiger partial charge in [0.1, 0.15) is 5.82 Å². The number of anilines is 1. The molecule has 0 bridgehead atoms. The summed E-state index contributed by atoms with van der Waals surface area (Å²) in [4.78, 5) is 35.3. The zero-order valence-corrected chi connectivity index (χ0v) is 11.2. The smallest absolute Gasteiger partial charge is 0.328 e. The zero-order valence-electron chi connectivity index (χ0n) is 11.2. The van der Waals surface area contributed by atoms with E-state index in [-0.39, 0.29) is 35.9 Å². The molecule has 110 valence electrons. The lowest BCUT2D eigenvalue weighted by Crippen LogP contribution is -2.35. The average Bonchev–Trinajstić information content (AvgIpc) is 2.58. The van der Waals surface area contributed by atoms with E-state index in [9.17, 15) is 18.8 Å². The van der Waals surface area contributed by atoms with Crippen molar-refractivity contribution in [3.8, 4) is 0 Å². The summed E-state index contributed by atoms with van der Waals surface area (Å²) in [6.45, 7) is 0. The number of rotatable bonds is 3. The van der Waals surface area contributed by atoms with Crippen LogP contribution in [0.4, 0.5) is 10.1 Å². The van der Waals surface area contributed by atoms with Crippen LogP contribution in [0.25, 0.3) is 6.08 Å². The maximum atomic E-state index is 13.9. The molecule has 0 aliphatic carbocycles. The maximum absolute atomic E-state index is 13.9. The van der Waals surface area contributed by atoms with E-state index in [0.29, 0.717) is 12.8 Å². The van der Waals surface area contributed by atoms with E-state index in [2.05, 4.69) is 0 Å². The highest BCUT2D eigenvalue weighted by Crippen LogP contribution is 2.24. The molecule has 1 aliphatic heterocycles. The zero-order chi connectivity index (χ0) is 15.4. The third-order valence-electron chi connectivity index (χ3n) is 3.18. The summed E-state index contributed by atoms with van der Waals surface area (Å²) in [6.07, 6.45) is 3.74. The molecule has 1 heterocycles. The summed E-state index contributed by atoms with van der Waals surface area (Å²) >= 11 is 0. The lowest BCUT2D eigenvalue weighted by atomic mass is 10.1. The Morgan fingerprint density at radius 3 is 2.33 bits per heavy atom. The summed E-state index contributed by atoms with van der Waals surface area (Å²) in [5.41, 5.74) is 0.257. The van der Waals surface area contributed by atoms with Crippen LogP contribution in [0.2, 0.25) is 0 Å². The Labute approximate surface area is 120 Å². The summed E-state index contributed by atoms with van der Waals surface area (Å²) < 4.78 is 13.9. The Balaban J connectivity index is 2.32. The summed E-state index contributed by atoms with van der Waals surface area (Å²) in [5, 5.41) is 8.52. The van der Waals surface area contributed by atoms with Crippen LogP contribution in [0.1, 0.15) is 31.2 Å². The molecule has 0 atom stereocenters. The molecule has 0 radical (unpaired) electrons. The molecule has 0 saturated carbocycles. The van der Waals surface area contributed by atoms with Crippen LogP contribution in [0, 0.1) is 5.82 Å². The summed E-state index contributed by atoms with van der Waals surface area (Å²) in [6, 6.07) is 3.85. The van der Waals surface area contributed by atoms with Crippen molar-refractivity contribution in [2.75, 3.05) is 4.90 Å². The number of aliphatic carboxylic acids is 1. The fourth-order valence-electron chi connectivity index (χ4n) is 2.15. The number of carbonyl (C=O) groups is 3. The number of halogens is 1. The molecule has 0 unspecified atom stereocenters. The van der Waals surface area contributed by atoms with Crippen LogP contribution < -0.4 is 4.90 Å². The van der Waals surface area contributed by atoms with Gasteiger partial charge in [0.05, 0.1) is 5.69 Å². The van der Waals surface area contributed by atoms with Crippen molar-refractivity contribution in [1.82, 2.24) is 0 Å². The van der Waals surface area contributed by atoms with Crippen LogP contribution >= 0.6 is 0 Å². The van der Waals surface area contributed by atoms with Gasteiger partial charge in [-0.05, 0) is 37.1 Å². The van der Waals surface area contributed by atoms with Crippen molar-refractivity contribution in [3.63, 3.8) is 0 Å². The fourth-order valence-corrected chi connectivity index (χ4v) is 2.15. The average molecular weight is 291 g/mol. The van der Waals surface area contributed by atoms with Crippen molar-refractivity contribution < 1.29 is 23.9 Å². The normalized spacial score (nSPS) is 16.3. The van der Waals surface area contributed by atoms with Gasteiger partial charge in [-0.25, -0.2) is 9.18 Å². The Morgan fingerprint density at radius 2 is 1.81 bits per heavy atom. The number of hydrogen-bond acceptors (Lipinski definition) is 3. The number of carboxylic acids is 1. The van der Waals surface area contributed by atoms with E-state index in [1.54, 1.807) is 0 Å². The monoisotopic (exact) mass is 291 g/mol. The van der Waals surface area contributed by atoms with Crippen molar-refractivity contribution in [3.05, 3.63) is 35.7 Å². The molecule has 1 saturated heterocycles. The molecular weight excluding hydrogens is 277 g/mol. The molecule has 0 aromatic heterocycles. The van der Waals surface area contributed by atoms with Gasteiger partial charge < -0.3 is 5.11 Å². The SMILES string of the molecule is O=C(O)C=Cc1ccc(N2C(=O)CCCCC2=O)cc1F. The predicted octanol–water partition coefficient (Wildman–Crippen LogP) is 2.36. The second kappa shape index (κ2) is 6.30. The van der Waals surface area contributed by atoms with E-state index in [4.69, 9.17) is 5.11 Å². The van der Waals surface area contributed by atoms with Gasteiger partial charge in [0, 0.05) is 24.5 Å². The van der Waals surface area contributed by atoms with Gasteiger partial charge in [-0.2, -0.15) is 0 Å². The Hall–Kier alpha value is -2.50. The number of hydrogen-bond donors (Lipinski definition) is 1. The Morgan fingerprint density at radius 1 is 1.19 bits per heavy atom. The van der Waals surface area contributed by atoms with Gasteiger partial charge in [0.2, 0.25) is 11.8 Å². The highest BCUT2D eigenvalue weighted by molar-refractivity contribution is 6.15. The Bertz CT molecular complexity index is 606. The molecule has 1 N–H and O–H groups in total. The van der Waals surface area contributed by atoms with Gasteiger partial charge in [0.25, 0.3) is 0 Å². The van der Waals surface area contributed by atoms with Crippen LogP contribution in [-0.4, -0.2) is 22.9 Å². The topological polar surface area (TPSA) is 74.7 Å². The number of amides is 2. The largest absolute Gasteiger partial charge is 0.478 e. The highest BCUT2D eigenvalue weighted by atomic mass is 19.1. The first-order valence-corrected chi connectivity index (χ1v) is 6.55. The lowest BCUT2D eigenvalue weighted by molar-refractivity contribution is -0.131. The second-order valence-electron chi connectivity index (χ2n) is 4.71. The van der Waals surface area contributed by atoms with Gasteiger partial charge in [-0.1, -0.05) is 0 Å². The minimum atomic E-state index is -1.18. The minimum Gasteiger partial charge on any atom is -0.478 e. The van der Waals surface area contributed by atoms with E-state index < -0.39 is 11.8 Å². The maximum Gasteiger partial charge on any atom is 0.328 e. The first-order chi connectivity index (χ1) is 9.99. The van der Waals surface area contributed by atoms with E-state index in [0.717, 1.165) is 23.1 Å². The fraction of sp³-hybridized carbons (Fsp3) is 0.267. The summed E-state index contributed by atoms with van der Waals surface area (Å²) in [7, 11) is 0. The number of carboxylic acid groups (broad SMARTS) is 1. The van der Waals surface area contributed by atoms with Crippen molar-refractivity contribution in [2.24, 2.45) is 0 Å². The molecule has 21 heavy (non-hydrogen) atoms. The Kier molecular flexibility index (Phi) is 4.47. The van der Waals surface area contributed by atoms with Crippen molar-refractivity contribution in [2.45, 2.75) is 25.7 Å². The van der Waals surface area contributed by atoms with E-state index in [1.807, 2.05) is 0 Å². The standard InChI is InChI=1S/C15H14FNO4/c16-12-9-11(7-5-10(12)6-8-15(20)21)17-13(18)3-1-2-4-14(17)19/h5-9H,1-4H2,(H,20,21). The number of carbonyl (C=O) groups excluding carboxylic acids is 2. The highest BCUT2D eigenvalue weighted by Gasteiger charge is 2.26. The van der Waals surface area contributed by atoms with Gasteiger partial charge in [-0.3, -0.25) is 14.5 Å². The van der Waals surface area contributed by atoms with Gasteiger partial charge in [0.15, 0.2) is 0 Å². The molecular formula is C15H14FNO4. The molecule has 6 heteroatoms. The number of benzene rings is 1. The summed E-state index contributed by atoms with van der Waals surface area (Å²) in [5.74, 6) is -2.55. The van der Waals surface area contributed by atoms with Crippen LogP contribution in [-0.2, 0) is 14.4 Å². The second-order valence-corrected chi connectivity index (χ2v) is 4.71. The molecule has 2 amide bonds. The minimum absolute atomic E-state index is 0.0795. The lowest BCUT2D eigenvalue weighted by Gasteiger charge is -2.19. The molecule has 5 nitrogen and oxygen atoms in total. The molecule has 1 fully saturated rings. The van der Waals surface area contributed by atoms with Crippen molar-refractivity contribution >= 4 is 29.5 Å². The van der Waals surface area contributed by atoms with Crippen LogP contribution in [0.15, 0.2) is 24.3 Å². The van der Waals surface area contributed by atoms with E-state index in [1.165, 1.54) is 12.1 Å². The molecule has 1 aliphatic rings. The van der Waals surface area contributed by atoms with Crippen LogP contribution in [0.5, 0.6) is 0 Å². The molecule has 2 rings (SSSR count). The predicted molar refractivity (Wildman–Crippen MR) is 74.0 cm³/mol. The van der Waals surface area contributed by atoms with Gasteiger partial charge >= 0.3 is 5.97 Å². The van der Waals surface area contributed by atoms with Gasteiger partial charge in [-0.15, -0.1) is 0 Å². The quantitative estimate of drug-likeness (QED) is 0.685. The molecule has 1 aromatic carbocycles. The first kappa shape index (κ1) is 14.9. The number of nitrogens with zero attached hydrogens (tertiary/aromatic N) is 1. The molecule has 0 spiro atoms. The van der Waals surface area contributed by atoms with Crippen LogP contribution in [0.3, 0.4) is 0 Å². The third kappa shape index (κ3) is 3.53. The third-order valence-corrected chi connectivity index (χ3v) is 3.18. The first-order valence-electron chi connectivity index (χ1n) is 6.55. The number of imide groups is 1.